The van der Waals surface area contributed by atoms with Gasteiger partial charge in [-0.2, -0.15) is 0 Å². The molecule has 3 heteroatoms. The van der Waals surface area contributed by atoms with Crippen LogP contribution in [0.25, 0.3) is 0 Å². The zero-order valence-electron chi connectivity index (χ0n) is 10.7. The largest absolute Gasteiger partial charge is 0.386 e. The highest BCUT2D eigenvalue weighted by atomic mass is 16.3. The van der Waals surface area contributed by atoms with Crippen molar-refractivity contribution in [3.63, 3.8) is 0 Å². The molecule has 4 saturated carbocycles. The Morgan fingerprint density at radius 1 is 1.06 bits per heavy atom. The molecule has 1 amide bonds. The average Bonchev–Trinajstić information content (AvgIpc) is 3.23. The molecule has 1 heterocycles. The molecule has 0 radical (unpaired) electrons. The maximum atomic E-state index is 12.5. The fraction of sp³-hybridized carbons (Fsp3) is 0.933. The van der Waals surface area contributed by atoms with Gasteiger partial charge in [0.05, 0.1) is 13.1 Å². The molecular weight excluding hydrogens is 226 g/mol. The van der Waals surface area contributed by atoms with Crippen LogP contribution in [0.2, 0.25) is 0 Å². The summed E-state index contributed by atoms with van der Waals surface area (Å²) in [4.78, 5) is 14.4. The van der Waals surface area contributed by atoms with Crippen LogP contribution in [-0.2, 0) is 4.79 Å². The van der Waals surface area contributed by atoms with Gasteiger partial charge in [0, 0.05) is 5.92 Å². The first kappa shape index (κ1) is 10.2. The third-order valence-corrected chi connectivity index (χ3v) is 6.60. The second-order valence-electron chi connectivity index (χ2n) is 7.59. The van der Waals surface area contributed by atoms with Gasteiger partial charge in [-0.1, -0.05) is 0 Å². The lowest BCUT2D eigenvalue weighted by atomic mass is 9.87. The minimum atomic E-state index is -0.501. The topological polar surface area (TPSA) is 40.5 Å². The molecule has 0 aromatic heterocycles. The number of carbonyl (C=O) groups is 1. The summed E-state index contributed by atoms with van der Waals surface area (Å²) in [5.74, 6) is 4.47. The van der Waals surface area contributed by atoms with Crippen molar-refractivity contribution in [1.82, 2.24) is 4.90 Å². The van der Waals surface area contributed by atoms with Crippen molar-refractivity contribution in [2.45, 2.75) is 37.7 Å². The summed E-state index contributed by atoms with van der Waals surface area (Å²) in [6, 6.07) is 0. The van der Waals surface area contributed by atoms with Crippen molar-refractivity contribution in [2.75, 3.05) is 13.1 Å². The van der Waals surface area contributed by atoms with Crippen molar-refractivity contribution < 1.29 is 9.90 Å². The van der Waals surface area contributed by atoms with E-state index in [1.165, 1.54) is 19.3 Å². The Balaban J connectivity index is 1.26. The molecule has 2 bridgehead atoms. The van der Waals surface area contributed by atoms with E-state index in [1.807, 2.05) is 4.90 Å². The van der Waals surface area contributed by atoms with E-state index < -0.39 is 5.60 Å². The monoisotopic (exact) mass is 247 g/mol. The molecule has 18 heavy (non-hydrogen) atoms. The predicted molar refractivity (Wildman–Crippen MR) is 65.6 cm³/mol. The van der Waals surface area contributed by atoms with Gasteiger partial charge in [-0.15, -0.1) is 0 Å². The summed E-state index contributed by atoms with van der Waals surface area (Å²) in [6.45, 7) is 1.25. The Hall–Kier alpha value is -0.570. The maximum absolute atomic E-state index is 12.5. The number of hydrogen-bond donors (Lipinski definition) is 1. The Bertz CT molecular complexity index is 408. The molecular formula is C15H21NO2. The second kappa shape index (κ2) is 2.95. The Labute approximate surface area is 108 Å². The summed E-state index contributed by atoms with van der Waals surface area (Å²) in [6.07, 6.45) is 6.49. The molecule has 0 spiro atoms. The molecule has 1 aliphatic heterocycles. The van der Waals surface area contributed by atoms with Gasteiger partial charge in [-0.25, -0.2) is 0 Å². The molecule has 4 aliphatic carbocycles. The first-order chi connectivity index (χ1) is 8.67. The van der Waals surface area contributed by atoms with Gasteiger partial charge in [0.1, 0.15) is 5.60 Å². The van der Waals surface area contributed by atoms with Crippen LogP contribution >= 0.6 is 0 Å². The molecule has 4 unspecified atom stereocenters. The molecule has 5 aliphatic rings. The predicted octanol–water partition coefficient (Wildman–Crippen LogP) is 1.26. The van der Waals surface area contributed by atoms with Crippen LogP contribution in [0.15, 0.2) is 0 Å². The SMILES string of the molecule is O=C(C1C2C3CCC(C3)C12)N1CC(O)(C2CC2)C1. The average molecular weight is 247 g/mol. The zero-order chi connectivity index (χ0) is 12.1. The molecule has 5 rings (SSSR count). The van der Waals surface area contributed by atoms with Crippen molar-refractivity contribution in [1.29, 1.82) is 0 Å². The number of fused-ring (bicyclic) bond motifs is 5. The van der Waals surface area contributed by atoms with E-state index in [-0.39, 0.29) is 0 Å². The highest BCUT2D eigenvalue weighted by Crippen LogP contribution is 2.70. The molecule has 1 saturated heterocycles. The Morgan fingerprint density at radius 2 is 1.67 bits per heavy atom. The van der Waals surface area contributed by atoms with Gasteiger partial charge in [0.25, 0.3) is 0 Å². The maximum Gasteiger partial charge on any atom is 0.226 e. The van der Waals surface area contributed by atoms with Crippen molar-refractivity contribution in [2.24, 2.45) is 35.5 Å². The molecule has 0 aromatic carbocycles. The molecule has 1 N–H and O–H groups in total. The lowest BCUT2D eigenvalue weighted by Gasteiger charge is -2.47. The molecule has 5 fully saturated rings. The molecule has 0 aromatic rings. The first-order valence-electron chi connectivity index (χ1n) is 7.68. The number of rotatable bonds is 2. The van der Waals surface area contributed by atoms with Crippen molar-refractivity contribution in [3.05, 3.63) is 0 Å². The van der Waals surface area contributed by atoms with Crippen LogP contribution in [-0.4, -0.2) is 34.6 Å². The fourth-order valence-corrected chi connectivity index (χ4v) is 5.52. The van der Waals surface area contributed by atoms with E-state index in [4.69, 9.17) is 0 Å². The van der Waals surface area contributed by atoms with Crippen LogP contribution in [0, 0.1) is 35.5 Å². The van der Waals surface area contributed by atoms with E-state index >= 15 is 0 Å². The molecule has 98 valence electrons. The van der Waals surface area contributed by atoms with Crippen LogP contribution in [0.4, 0.5) is 0 Å². The Morgan fingerprint density at radius 3 is 2.22 bits per heavy atom. The van der Waals surface area contributed by atoms with Gasteiger partial charge < -0.3 is 10.0 Å². The normalized spacial score (nSPS) is 50.9. The number of hydrogen-bond acceptors (Lipinski definition) is 2. The van der Waals surface area contributed by atoms with Crippen molar-refractivity contribution >= 4 is 5.91 Å². The number of aliphatic hydroxyl groups is 1. The van der Waals surface area contributed by atoms with E-state index in [9.17, 15) is 9.90 Å². The smallest absolute Gasteiger partial charge is 0.226 e. The third kappa shape index (κ3) is 1.13. The summed E-state index contributed by atoms with van der Waals surface area (Å²) in [5.41, 5.74) is -0.501. The van der Waals surface area contributed by atoms with Crippen LogP contribution in [0.5, 0.6) is 0 Å². The van der Waals surface area contributed by atoms with Gasteiger partial charge in [0.2, 0.25) is 5.91 Å². The summed E-state index contributed by atoms with van der Waals surface area (Å²) in [7, 11) is 0. The zero-order valence-corrected chi connectivity index (χ0v) is 10.7. The number of carbonyl (C=O) groups excluding carboxylic acids is 1. The fourth-order valence-electron chi connectivity index (χ4n) is 5.52. The van der Waals surface area contributed by atoms with E-state index in [0.29, 0.717) is 30.8 Å². The molecule has 4 atom stereocenters. The second-order valence-corrected chi connectivity index (χ2v) is 7.59. The molecule has 3 nitrogen and oxygen atoms in total. The quantitative estimate of drug-likeness (QED) is 0.798. The van der Waals surface area contributed by atoms with Crippen molar-refractivity contribution in [3.8, 4) is 0 Å². The van der Waals surface area contributed by atoms with Crippen LogP contribution in [0.3, 0.4) is 0 Å². The number of β-amino-alcohol motifs (C(OH)–C–C–N with tert-alkyl or cyclic N) is 1. The van der Waals surface area contributed by atoms with Gasteiger partial charge in [-0.05, 0) is 61.7 Å². The van der Waals surface area contributed by atoms with E-state index in [0.717, 1.165) is 36.5 Å². The highest BCUT2D eigenvalue weighted by molar-refractivity contribution is 5.84. The van der Waals surface area contributed by atoms with E-state index in [1.54, 1.807) is 0 Å². The number of likely N-dealkylation sites (tertiary alicyclic amines) is 1. The van der Waals surface area contributed by atoms with Crippen LogP contribution in [0.1, 0.15) is 32.1 Å². The summed E-state index contributed by atoms with van der Waals surface area (Å²) >= 11 is 0. The number of nitrogens with zero attached hydrogens (tertiary/aromatic N) is 1. The third-order valence-electron chi connectivity index (χ3n) is 6.60. The van der Waals surface area contributed by atoms with Gasteiger partial charge in [0.15, 0.2) is 0 Å². The van der Waals surface area contributed by atoms with Crippen LogP contribution < -0.4 is 0 Å². The minimum absolute atomic E-state index is 0.361. The Kier molecular flexibility index (Phi) is 1.68. The summed E-state index contributed by atoms with van der Waals surface area (Å²) in [5, 5.41) is 10.3. The summed E-state index contributed by atoms with van der Waals surface area (Å²) < 4.78 is 0. The highest BCUT2D eigenvalue weighted by Gasteiger charge is 2.69. The minimum Gasteiger partial charge on any atom is -0.386 e. The number of amides is 1. The van der Waals surface area contributed by atoms with Gasteiger partial charge in [-0.3, -0.25) is 4.79 Å². The lowest BCUT2D eigenvalue weighted by molar-refractivity contribution is -0.161. The lowest BCUT2D eigenvalue weighted by Crippen LogP contribution is -2.65. The van der Waals surface area contributed by atoms with Gasteiger partial charge >= 0.3 is 0 Å². The van der Waals surface area contributed by atoms with E-state index in [2.05, 4.69) is 0 Å². The first-order valence-corrected chi connectivity index (χ1v) is 7.68. The standard InChI is InChI=1S/C15H21NO2/c17-14(16-6-15(18,7-16)10-3-4-10)13-11-8-1-2-9(5-8)12(11)13/h8-13,18H,1-7H2.